The van der Waals surface area contributed by atoms with Gasteiger partial charge < -0.3 is 15.1 Å². The van der Waals surface area contributed by atoms with E-state index in [1.165, 1.54) is 6.07 Å². The van der Waals surface area contributed by atoms with E-state index in [1.807, 2.05) is 39.0 Å². The van der Waals surface area contributed by atoms with E-state index >= 15 is 0 Å². The van der Waals surface area contributed by atoms with Crippen LogP contribution in [0.4, 0.5) is 30.2 Å². The number of anilines is 3. The van der Waals surface area contributed by atoms with E-state index < -0.39 is 29.0 Å². The van der Waals surface area contributed by atoms with Crippen molar-refractivity contribution < 1.29 is 22.8 Å². The van der Waals surface area contributed by atoms with Gasteiger partial charge in [-0.2, -0.15) is 13.2 Å². The first kappa shape index (κ1) is 24.6. The summed E-state index contributed by atoms with van der Waals surface area (Å²) in [5, 5.41) is 2.69. The Balaban J connectivity index is 1.99. The molecule has 0 spiro atoms. The molecule has 2 unspecified atom stereocenters. The first-order chi connectivity index (χ1) is 15.3. The van der Waals surface area contributed by atoms with Gasteiger partial charge in [-0.15, -0.1) is 0 Å². The Morgan fingerprint density at radius 1 is 1.18 bits per heavy atom. The van der Waals surface area contributed by atoms with Crippen LogP contribution in [-0.4, -0.2) is 32.5 Å². The number of hydrogen-bond donors (Lipinski definition) is 1. The van der Waals surface area contributed by atoms with Gasteiger partial charge in [0.2, 0.25) is 11.8 Å². The minimum Gasteiger partial charge on any atom is -0.378 e. The number of benzene rings is 2. The molecule has 3 rings (SSSR count). The van der Waals surface area contributed by atoms with Gasteiger partial charge in [-0.25, -0.2) is 0 Å². The molecule has 0 saturated carbocycles. The highest BCUT2D eigenvalue weighted by Gasteiger charge is 2.54. The van der Waals surface area contributed by atoms with Crippen molar-refractivity contribution in [2.24, 2.45) is 11.3 Å². The fourth-order valence-corrected chi connectivity index (χ4v) is 4.60. The first-order valence-electron chi connectivity index (χ1n) is 10.9. The molecular weight excluding hydrogens is 431 g/mol. The molecule has 1 heterocycles. The first-order valence-corrected chi connectivity index (χ1v) is 10.9. The molecule has 178 valence electrons. The van der Waals surface area contributed by atoms with Crippen LogP contribution >= 0.6 is 0 Å². The third-order valence-electron chi connectivity index (χ3n) is 6.72. The lowest BCUT2D eigenvalue weighted by atomic mass is 9.75. The standard InChI is InChI=1S/C25H30F3N3O2/c1-7-24(14-31(22(32)17(24)4)21-15(2)9-8-10-16(21)3)23(33)29-19-11-18(25(26,27)28)12-20(13-19)30(5)6/h8-13,17H,7,14H2,1-6H3,(H,29,33). The number of nitrogens with zero attached hydrogens (tertiary/aromatic N) is 2. The van der Waals surface area contributed by atoms with Crippen molar-refractivity contribution in [3.05, 3.63) is 53.1 Å². The van der Waals surface area contributed by atoms with Crippen LogP contribution in [-0.2, 0) is 15.8 Å². The summed E-state index contributed by atoms with van der Waals surface area (Å²) in [6.45, 7) is 7.54. The Morgan fingerprint density at radius 2 is 1.79 bits per heavy atom. The molecule has 0 bridgehead atoms. The van der Waals surface area contributed by atoms with Gasteiger partial charge in [0.25, 0.3) is 0 Å². The maximum absolute atomic E-state index is 13.5. The number of aryl methyl sites for hydroxylation is 2. The third kappa shape index (κ3) is 4.43. The molecule has 5 nitrogen and oxygen atoms in total. The number of carbonyl (C=O) groups excluding carboxylic acids is 2. The largest absolute Gasteiger partial charge is 0.416 e. The van der Waals surface area contributed by atoms with Gasteiger partial charge in [0.05, 0.1) is 16.9 Å². The quantitative estimate of drug-likeness (QED) is 0.648. The molecule has 33 heavy (non-hydrogen) atoms. The van der Waals surface area contributed by atoms with Gasteiger partial charge in [-0.3, -0.25) is 9.59 Å². The lowest BCUT2D eigenvalue weighted by molar-refractivity contribution is -0.137. The molecule has 2 aromatic carbocycles. The summed E-state index contributed by atoms with van der Waals surface area (Å²) >= 11 is 0. The van der Waals surface area contributed by atoms with E-state index in [2.05, 4.69) is 5.32 Å². The van der Waals surface area contributed by atoms with Gasteiger partial charge in [-0.05, 0) is 49.6 Å². The summed E-state index contributed by atoms with van der Waals surface area (Å²) in [6.07, 6.45) is -4.18. The van der Waals surface area contributed by atoms with Crippen molar-refractivity contribution in [2.75, 3.05) is 35.8 Å². The van der Waals surface area contributed by atoms with Crippen molar-refractivity contribution in [1.29, 1.82) is 0 Å². The Kier molecular flexibility index (Phi) is 6.51. The lowest BCUT2D eigenvalue weighted by Gasteiger charge is -2.30. The molecule has 0 aromatic heterocycles. The summed E-state index contributed by atoms with van der Waals surface area (Å²) < 4.78 is 40.3. The molecule has 2 atom stereocenters. The van der Waals surface area contributed by atoms with Crippen LogP contribution in [0.25, 0.3) is 0 Å². The molecule has 8 heteroatoms. The SMILES string of the molecule is CCC1(C(=O)Nc2cc(N(C)C)cc(C(F)(F)F)c2)CN(c2c(C)cccc2C)C(=O)C1C. The number of hydrogen-bond acceptors (Lipinski definition) is 3. The van der Waals surface area contributed by atoms with Gasteiger partial charge in [0.1, 0.15) is 0 Å². The fraction of sp³-hybridized carbons (Fsp3) is 0.440. The Morgan fingerprint density at radius 3 is 2.30 bits per heavy atom. The van der Waals surface area contributed by atoms with Crippen LogP contribution in [0.2, 0.25) is 0 Å². The molecular formula is C25H30F3N3O2. The second-order valence-electron chi connectivity index (χ2n) is 9.01. The minimum atomic E-state index is -4.55. The maximum Gasteiger partial charge on any atom is 0.416 e. The van der Waals surface area contributed by atoms with E-state index in [9.17, 15) is 22.8 Å². The Hall–Kier alpha value is -3.03. The Labute approximate surface area is 192 Å². The predicted octanol–water partition coefficient (Wildman–Crippen LogP) is 5.41. The topological polar surface area (TPSA) is 52.7 Å². The Bertz CT molecular complexity index is 1060. The number of alkyl halides is 3. The number of halogens is 3. The van der Waals surface area contributed by atoms with Crippen LogP contribution in [0.15, 0.2) is 36.4 Å². The van der Waals surface area contributed by atoms with Crippen molar-refractivity contribution in [3.8, 4) is 0 Å². The molecule has 1 saturated heterocycles. The number of nitrogens with one attached hydrogen (secondary N) is 1. The summed E-state index contributed by atoms with van der Waals surface area (Å²) in [7, 11) is 3.27. The average molecular weight is 462 g/mol. The second-order valence-corrected chi connectivity index (χ2v) is 9.01. The molecule has 1 aliphatic rings. The van der Waals surface area contributed by atoms with Crippen molar-refractivity contribution in [2.45, 2.75) is 40.3 Å². The number of amides is 2. The third-order valence-corrected chi connectivity index (χ3v) is 6.72. The van der Waals surface area contributed by atoms with E-state index in [4.69, 9.17) is 0 Å². The van der Waals surface area contributed by atoms with Gasteiger partial charge >= 0.3 is 6.18 Å². The molecule has 0 aliphatic carbocycles. The van der Waals surface area contributed by atoms with Crippen molar-refractivity contribution >= 4 is 28.9 Å². The number of para-hydroxylation sites is 1. The summed E-state index contributed by atoms with van der Waals surface area (Å²) in [5.41, 5.74) is 1.09. The van der Waals surface area contributed by atoms with Crippen LogP contribution in [0, 0.1) is 25.2 Å². The molecule has 1 fully saturated rings. The van der Waals surface area contributed by atoms with E-state index in [0.29, 0.717) is 12.1 Å². The highest BCUT2D eigenvalue weighted by molar-refractivity contribution is 6.07. The monoisotopic (exact) mass is 461 g/mol. The number of carbonyl (C=O) groups is 2. The van der Waals surface area contributed by atoms with Crippen LogP contribution in [0.1, 0.15) is 37.0 Å². The normalized spacial score (nSPS) is 20.8. The van der Waals surface area contributed by atoms with Crippen LogP contribution < -0.4 is 15.1 Å². The zero-order valence-electron chi connectivity index (χ0n) is 19.8. The molecule has 1 N–H and O–H groups in total. The van der Waals surface area contributed by atoms with Gasteiger partial charge in [0, 0.05) is 37.7 Å². The maximum atomic E-state index is 13.5. The predicted molar refractivity (Wildman–Crippen MR) is 125 cm³/mol. The van der Waals surface area contributed by atoms with Crippen LogP contribution in [0.3, 0.4) is 0 Å². The summed E-state index contributed by atoms with van der Waals surface area (Å²) in [4.78, 5) is 30.0. The molecule has 2 amide bonds. The average Bonchev–Trinajstić information content (AvgIpc) is 2.99. The highest BCUT2D eigenvalue weighted by atomic mass is 19.4. The molecule has 0 radical (unpaired) electrons. The molecule has 1 aliphatic heterocycles. The van der Waals surface area contributed by atoms with Crippen molar-refractivity contribution in [3.63, 3.8) is 0 Å². The molecule has 2 aromatic rings. The minimum absolute atomic E-state index is 0.0523. The van der Waals surface area contributed by atoms with Crippen molar-refractivity contribution in [1.82, 2.24) is 0 Å². The number of rotatable bonds is 5. The van der Waals surface area contributed by atoms with Gasteiger partial charge in [0.15, 0.2) is 0 Å². The van der Waals surface area contributed by atoms with E-state index in [1.54, 1.807) is 30.8 Å². The fourth-order valence-electron chi connectivity index (χ4n) is 4.60. The highest BCUT2D eigenvalue weighted by Crippen LogP contribution is 2.44. The zero-order valence-corrected chi connectivity index (χ0v) is 19.8. The lowest BCUT2D eigenvalue weighted by Crippen LogP contribution is -2.42. The summed E-state index contributed by atoms with van der Waals surface area (Å²) in [5.74, 6) is -1.24. The van der Waals surface area contributed by atoms with E-state index in [-0.39, 0.29) is 18.1 Å². The van der Waals surface area contributed by atoms with Crippen LogP contribution in [0.5, 0.6) is 0 Å². The van der Waals surface area contributed by atoms with E-state index in [0.717, 1.165) is 28.9 Å². The van der Waals surface area contributed by atoms with Gasteiger partial charge in [-0.1, -0.05) is 32.0 Å². The zero-order chi connectivity index (χ0) is 24.7. The smallest absolute Gasteiger partial charge is 0.378 e. The summed E-state index contributed by atoms with van der Waals surface area (Å²) in [6, 6.07) is 9.21. The second kappa shape index (κ2) is 8.72.